The van der Waals surface area contributed by atoms with Crippen LogP contribution in [0.15, 0.2) is 11.5 Å². The molecule has 90 valence electrons. The Morgan fingerprint density at radius 1 is 1.69 bits per heavy atom. The van der Waals surface area contributed by atoms with Gasteiger partial charge in [0.25, 0.3) is 0 Å². The first kappa shape index (κ1) is 12.0. The fourth-order valence-corrected chi connectivity index (χ4v) is 2.87. The Kier molecular flexibility index (Phi) is 4.26. The van der Waals surface area contributed by atoms with Crippen molar-refractivity contribution in [2.75, 3.05) is 39.1 Å². The number of hydrogen-bond acceptors (Lipinski definition) is 4. The van der Waals surface area contributed by atoms with E-state index in [0.29, 0.717) is 25.7 Å². The summed E-state index contributed by atoms with van der Waals surface area (Å²) in [7, 11) is 1.81. The van der Waals surface area contributed by atoms with Gasteiger partial charge in [0, 0.05) is 24.8 Å². The van der Waals surface area contributed by atoms with Crippen LogP contribution in [-0.4, -0.2) is 56.0 Å². The third kappa shape index (κ3) is 2.78. The number of hydrogen-bond donors (Lipinski definition) is 1. The van der Waals surface area contributed by atoms with Crippen LogP contribution in [0.1, 0.15) is 0 Å². The van der Waals surface area contributed by atoms with Crippen LogP contribution in [0.3, 0.4) is 0 Å². The van der Waals surface area contributed by atoms with Gasteiger partial charge in [0.2, 0.25) is 5.91 Å². The molecule has 2 aliphatic rings. The maximum atomic E-state index is 12.1. The topological polar surface area (TPSA) is 41.6 Å². The SMILES string of the molecule is CNC1COCCN(CC2C=CSC2)C1=O. The smallest absolute Gasteiger partial charge is 0.242 e. The molecule has 2 heterocycles. The number of amides is 1. The van der Waals surface area contributed by atoms with Crippen molar-refractivity contribution in [3.63, 3.8) is 0 Å². The lowest BCUT2D eigenvalue weighted by atomic mass is 10.1. The van der Waals surface area contributed by atoms with E-state index in [-0.39, 0.29) is 11.9 Å². The van der Waals surface area contributed by atoms with Gasteiger partial charge < -0.3 is 15.0 Å². The van der Waals surface area contributed by atoms with Gasteiger partial charge in [-0.1, -0.05) is 6.08 Å². The highest BCUT2D eigenvalue weighted by molar-refractivity contribution is 8.02. The number of likely N-dealkylation sites (N-methyl/N-ethyl adjacent to an activating group) is 1. The molecule has 0 aromatic rings. The van der Waals surface area contributed by atoms with E-state index < -0.39 is 0 Å². The minimum Gasteiger partial charge on any atom is -0.377 e. The Labute approximate surface area is 100 Å². The lowest BCUT2D eigenvalue weighted by molar-refractivity contribution is -0.132. The van der Waals surface area contributed by atoms with Gasteiger partial charge >= 0.3 is 0 Å². The molecule has 5 heteroatoms. The van der Waals surface area contributed by atoms with Gasteiger partial charge in [-0.3, -0.25) is 4.79 Å². The average Bonchev–Trinajstić information content (AvgIpc) is 2.73. The zero-order valence-electron chi connectivity index (χ0n) is 9.52. The fourth-order valence-electron chi connectivity index (χ4n) is 1.96. The highest BCUT2D eigenvalue weighted by Gasteiger charge is 2.27. The van der Waals surface area contributed by atoms with Gasteiger partial charge in [-0.15, -0.1) is 11.8 Å². The molecule has 0 radical (unpaired) electrons. The van der Waals surface area contributed by atoms with Crippen LogP contribution in [0.25, 0.3) is 0 Å². The number of ether oxygens (including phenoxy) is 1. The Hall–Kier alpha value is -0.520. The molecule has 0 aromatic carbocycles. The number of nitrogens with zero attached hydrogens (tertiary/aromatic N) is 1. The summed E-state index contributed by atoms with van der Waals surface area (Å²) in [4.78, 5) is 14.0. The number of rotatable bonds is 3. The molecule has 1 saturated heterocycles. The lowest BCUT2D eigenvalue weighted by Crippen LogP contribution is -2.47. The third-order valence-corrected chi connectivity index (χ3v) is 3.93. The molecule has 2 unspecified atom stereocenters. The molecule has 0 aromatic heterocycles. The summed E-state index contributed by atoms with van der Waals surface area (Å²) in [6.45, 7) is 2.67. The summed E-state index contributed by atoms with van der Waals surface area (Å²) in [5.41, 5.74) is 0. The van der Waals surface area contributed by atoms with Crippen molar-refractivity contribution in [1.29, 1.82) is 0 Å². The predicted octanol–water partition coefficient (Wildman–Crippen LogP) is 0.310. The Morgan fingerprint density at radius 2 is 2.56 bits per heavy atom. The van der Waals surface area contributed by atoms with Crippen molar-refractivity contribution in [2.24, 2.45) is 5.92 Å². The second-order valence-corrected chi connectivity index (χ2v) is 5.06. The molecular weight excluding hydrogens is 224 g/mol. The Morgan fingerprint density at radius 3 is 3.25 bits per heavy atom. The molecule has 2 atom stereocenters. The first-order valence-corrected chi connectivity index (χ1v) is 6.68. The maximum Gasteiger partial charge on any atom is 0.242 e. The average molecular weight is 242 g/mol. The van der Waals surface area contributed by atoms with Crippen molar-refractivity contribution in [3.8, 4) is 0 Å². The summed E-state index contributed by atoms with van der Waals surface area (Å²) < 4.78 is 5.41. The van der Waals surface area contributed by atoms with Crippen molar-refractivity contribution < 1.29 is 9.53 Å². The molecule has 0 aliphatic carbocycles. The largest absolute Gasteiger partial charge is 0.377 e. The van der Waals surface area contributed by atoms with E-state index >= 15 is 0 Å². The standard InChI is InChI=1S/C11H18N2O2S/c1-12-10-7-15-4-3-13(11(10)14)6-9-2-5-16-8-9/h2,5,9-10,12H,3-4,6-8H2,1H3. The first-order valence-electron chi connectivity index (χ1n) is 5.63. The highest BCUT2D eigenvalue weighted by Crippen LogP contribution is 2.21. The van der Waals surface area contributed by atoms with Crippen LogP contribution in [0.2, 0.25) is 0 Å². The van der Waals surface area contributed by atoms with Gasteiger partial charge in [-0.25, -0.2) is 0 Å². The molecule has 0 saturated carbocycles. The van der Waals surface area contributed by atoms with E-state index in [1.165, 1.54) is 0 Å². The molecule has 2 aliphatic heterocycles. The summed E-state index contributed by atoms with van der Waals surface area (Å²) in [5, 5.41) is 5.13. The number of nitrogens with one attached hydrogen (secondary N) is 1. The van der Waals surface area contributed by atoms with E-state index in [0.717, 1.165) is 12.3 Å². The molecular formula is C11H18N2O2S. The van der Waals surface area contributed by atoms with E-state index in [2.05, 4.69) is 16.8 Å². The molecule has 1 amide bonds. The van der Waals surface area contributed by atoms with Gasteiger partial charge in [0.15, 0.2) is 0 Å². The first-order chi connectivity index (χ1) is 7.81. The quantitative estimate of drug-likeness (QED) is 0.773. The highest BCUT2D eigenvalue weighted by atomic mass is 32.2. The van der Waals surface area contributed by atoms with Crippen LogP contribution in [0.4, 0.5) is 0 Å². The zero-order chi connectivity index (χ0) is 11.4. The maximum absolute atomic E-state index is 12.1. The van der Waals surface area contributed by atoms with Gasteiger partial charge in [-0.2, -0.15) is 0 Å². The van der Waals surface area contributed by atoms with Crippen LogP contribution in [-0.2, 0) is 9.53 Å². The summed E-state index contributed by atoms with van der Waals surface area (Å²) in [5.74, 6) is 1.77. The monoisotopic (exact) mass is 242 g/mol. The summed E-state index contributed by atoms with van der Waals surface area (Å²) in [6.07, 6.45) is 2.19. The second-order valence-electron chi connectivity index (χ2n) is 4.12. The van der Waals surface area contributed by atoms with Gasteiger partial charge in [-0.05, 0) is 12.5 Å². The van der Waals surface area contributed by atoms with Crippen molar-refractivity contribution in [3.05, 3.63) is 11.5 Å². The van der Waals surface area contributed by atoms with Gasteiger partial charge in [0.1, 0.15) is 6.04 Å². The Balaban J connectivity index is 1.95. The van der Waals surface area contributed by atoms with Crippen molar-refractivity contribution in [1.82, 2.24) is 10.2 Å². The lowest BCUT2D eigenvalue weighted by Gasteiger charge is -2.25. The van der Waals surface area contributed by atoms with E-state index in [9.17, 15) is 4.79 Å². The molecule has 0 spiro atoms. The molecule has 1 N–H and O–H groups in total. The number of carbonyl (C=O) groups is 1. The van der Waals surface area contributed by atoms with Crippen LogP contribution < -0.4 is 5.32 Å². The summed E-state index contributed by atoms with van der Waals surface area (Å²) >= 11 is 1.82. The second kappa shape index (κ2) is 5.70. The van der Waals surface area contributed by atoms with Gasteiger partial charge in [0.05, 0.1) is 13.2 Å². The summed E-state index contributed by atoms with van der Waals surface area (Å²) in [6, 6.07) is -0.180. The molecule has 16 heavy (non-hydrogen) atoms. The predicted molar refractivity (Wildman–Crippen MR) is 65.3 cm³/mol. The van der Waals surface area contributed by atoms with Crippen LogP contribution >= 0.6 is 11.8 Å². The zero-order valence-corrected chi connectivity index (χ0v) is 10.3. The van der Waals surface area contributed by atoms with Crippen molar-refractivity contribution >= 4 is 17.7 Å². The molecule has 0 bridgehead atoms. The Bertz CT molecular complexity index is 283. The van der Waals surface area contributed by atoms with Crippen LogP contribution in [0, 0.1) is 5.92 Å². The normalized spacial score (nSPS) is 30.8. The van der Waals surface area contributed by atoms with Crippen LogP contribution in [0.5, 0.6) is 0 Å². The number of carbonyl (C=O) groups excluding carboxylic acids is 1. The molecule has 2 rings (SSSR count). The number of thioether (sulfide) groups is 1. The van der Waals surface area contributed by atoms with E-state index in [4.69, 9.17) is 4.74 Å². The fraction of sp³-hybridized carbons (Fsp3) is 0.727. The molecule has 4 nitrogen and oxygen atoms in total. The minimum absolute atomic E-state index is 0.172. The minimum atomic E-state index is -0.180. The third-order valence-electron chi connectivity index (χ3n) is 2.96. The molecule has 1 fully saturated rings. The van der Waals surface area contributed by atoms with Crippen molar-refractivity contribution in [2.45, 2.75) is 6.04 Å². The van der Waals surface area contributed by atoms with E-state index in [1.54, 1.807) is 7.05 Å². The van der Waals surface area contributed by atoms with E-state index in [1.807, 2.05) is 16.7 Å².